The van der Waals surface area contributed by atoms with Crippen molar-refractivity contribution in [3.63, 3.8) is 0 Å². The van der Waals surface area contributed by atoms with E-state index < -0.39 is 0 Å². The predicted molar refractivity (Wildman–Crippen MR) is 32.5 cm³/mol. The summed E-state index contributed by atoms with van der Waals surface area (Å²) in [7, 11) is 0. The number of aliphatic hydroxyl groups is 1. The van der Waals surface area contributed by atoms with Gasteiger partial charge in [-0.05, 0) is 6.92 Å². The first-order chi connectivity index (χ1) is 3.77. The van der Waals surface area contributed by atoms with Crippen LogP contribution >= 0.6 is 0 Å². The van der Waals surface area contributed by atoms with E-state index in [1.165, 1.54) is 0 Å². The maximum Gasteiger partial charge on any atom is 0.0744 e. The van der Waals surface area contributed by atoms with Crippen LogP contribution in [0.5, 0.6) is 0 Å². The summed E-state index contributed by atoms with van der Waals surface area (Å²) in [5, 5.41) is 8.64. The molecule has 0 bridgehead atoms. The van der Waals surface area contributed by atoms with Crippen LogP contribution < -0.4 is 0 Å². The van der Waals surface area contributed by atoms with E-state index in [9.17, 15) is 0 Å². The molecule has 0 spiro atoms. The molecule has 0 saturated carbocycles. The van der Waals surface area contributed by atoms with Crippen LogP contribution in [-0.4, -0.2) is 24.4 Å². The summed E-state index contributed by atoms with van der Waals surface area (Å²) < 4.78 is 4.94. The fraction of sp³-hybridized carbons (Fsp3) is 0.833. The zero-order valence-corrected chi connectivity index (χ0v) is 8.84. The third-order valence-electron chi connectivity index (χ3n) is 0.644. The van der Waals surface area contributed by atoms with Crippen LogP contribution in [0, 0.1) is 6.42 Å². The van der Waals surface area contributed by atoms with Gasteiger partial charge in [0.15, 0.2) is 0 Å². The summed E-state index contributed by atoms with van der Waals surface area (Å²) in [6, 6.07) is 0. The molecule has 0 aliphatic rings. The number of hydrogen-bond donors (Lipinski definition) is 1. The van der Waals surface area contributed by atoms with E-state index in [0.717, 1.165) is 0 Å². The molecule has 53 valence electrons. The van der Waals surface area contributed by atoms with Gasteiger partial charge in [0.1, 0.15) is 0 Å². The molecular weight excluding hydrogens is 193 g/mol. The van der Waals surface area contributed by atoms with Gasteiger partial charge in [0.2, 0.25) is 0 Å². The summed E-state index contributed by atoms with van der Waals surface area (Å²) in [5.74, 6) is 0. The SMILES string of the molecule is C[CH-]COCC(C)O.[Y]. The Labute approximate surface area is 81.9 Å². The van der Waals surface area contributed by atoms with Crippen molar-refractivity contribution in [3.05, 3.63) is 6.42 Å². The van der Waals surface area contributed by atoms with Gasteiger partial charge in [0, 0.05) is 32.7 Å². The number of hydrogen-bond acceptors (Lipinski definition) is 2. The van der Waals surface area contributed by atoms with Crippen molar-refractivity contribution < 1.29 is 42.6 Å². The molecule has 1 unspecified atom stereocenters. The van der Waals surface area contributed by atoms with Gasteiger partial charge in [0.25, 0.3) is 0 Å². The van der Waals surface area contributed by atoms with E-state index in [2.05, 4.69) is 0 Å². The second-order valence-corrected chi connectivity index (χ2v) is 1.79. The molecule has 0 aromatic rings. The van der Waals surface area contributed by atoms with E-state index in [0.29, 0.717) is 13.2 Å². The molecular formula is C6H13O2Y-. The normalized spacial score (nSPS) is 12.3. The Bertz CT molecular complexity index is 48.3. The monoisotopic (exact) mass is 206 g/mol. The van der Waals surface area contributed by atoms with Crippen LogP contribution in [0.3, 0.4) is 0 Å². The molecule has 0 fully saturated rings. The van der Waals surface area contributed by atoms with Gasteiger partial charge < -0.3 is 16.3 Å². The Balaban J connectivity index is 0. The van der Waals surface area contributed by atoms with E-state index >= 15 is 0 Å². The average molecular weight is 206 g/mol. The molecule has 1 N–H and O–H groups in total. The van der Waals surface area contributed by atoms with Crippen molar-refractivity contribution in [2.45, 2.75) is 20.0 Å². The zero-order valence-electron chi connectivity index (χ0n) is 6.00. The molecule has 0 amide bonds. The molecule has 2 nitrogen and oxygen atoms in total. The van der Waals surface area contributed by atoms with Crippen LogP contribution in [-0.2, 0) is 37.4 Å². The Hall–Kier alpha value is 1.02. The largest absolute Gasteiger partial charge is 0.410 e. The minimum absolute atomic E-state index is 0. The van der Waals surface area contributed by atoms with Gasteiger partial charge in [0.05, 0.1) is 12.7 Å². The van der Waals surface area contributed by atoms with Gasteiger partial charge in [-0.15, -0.1) is 0 Å². The van der Waals surface area contributed by atoms with Crippen molar-refractivity contribution in [2.24, 2.45) is 0 Å². The summed E-state index contributed by atoms with van der Waals surface area (Å²) in [6.45, 7) is 4.69. The minimum atomic E-state index is -0.338. The van der Waals surface area contributed by atoms with Crippen LogP contribution in [0.15, 0.2) is 0 Å². The Kier molecular flexibility index (Phi) is 12.7. The second-order valence-electron chi connectivity index (χ2n) is 1.79. The van der Waals surface area contributed by atoms with Crippen molar-refractivity contribution >= 4 is 0 Å². The maximum absolute atomic E-state index is 8.64. The Morgan fingerprint density at radius 1 is 1.67 bits per heavy atom. The molecule has 0 aliphatic carbocycles. The molecule has 3 heteroatoms. The summed E-state index contributed by atoms with van der Waals surface area (Å²) >= 11 is 0. The smallest absolute Gasteiger partial charge is 0.0744 e. The average Bonchev–Trinajstić information content (AvgIpc) is 1.66. The number of rotatable bonds is 4. The van der Waals surface area contributed by atoms with Crippen molar-refractivity contribution in [2.75, 3.05) is 13.2 Å². The molecule has 1 atom stereocenters. The van der Waals surface area contributed by atoms with E-state index in [-0.39, 0.29) is 38.8 Å². The van der Waals surface area contributed by atoms with Crippen molar-refractivity contribution in [1.29, 1.82) is 0 Å². The predicted octanol–water partition coefficient (Wildman–Crippen LogP) is 0.605. The molecule has 0 aromatic heterocycles. The third-order valence-corrected chi connectivity index (χ3v) is 0.644. The van der Waals surface area contributed by atoms with Crippen LogP contribution in [0.2, 0.25) is 0 Å². The molecule has 0 rings (SSSR count). The van der Waals surface area contributed by atoms with Gasteiger partial charge >= 0.3 is 0 Å². The minimum Gasteiger partial charge on any atom is -0.410 e. The number of ether oxygens (including phenoxy) is 1. The molecule has 0 heterocycles. The van der Waals surface area contributed by atoms with Crippen LogP contribution in [0.4, 0.5) is 0 Å². The Morgan fingerprint density at radius 2 is 2.22 bits per heavy atom. The molecule has 1 radical (unpaired) electrons. The van der Waals surface area contributed by atoms with Gasteiger partial charge in [-0.2, -0.15) is 6.92 Å². The quantitative estimate of drug-likeness (QED) is 0.539. The van der Waals surface area contributed by atoms with Crippen molar-refractivity contribution in [3.8, 4) is 0 Å². The van der Waals surface area contributed by atoms with E-state index in [1.807, 2.05) is 13.3 Å². The van der Waals surface area contributed by atoms with Gasteiger partial charge in [-0.25, -0.2) is 0 Å². The van der Waals surface area contributed by atoms with E-state index in [4.69, 9.17) is 9.84 Å². The fourth-order valence-electron chi connectivity index (χ4n) is 0.356. The first kappa shape index (κ1) is 12.7. The third kappa shape index (κ3) is 12.3. The van der Waals surface area contributed by atoms with Crippen LogP contribution in [0.25, 0.3) is 0 Å². The van der Waals surface area contributed by atoms with Crippen LogP contribution in [0.1, 0.15) is 13.8 Å². The first-order valence-corrected chi connectivity index (χ1v) is 2.81. The standard InChI is InChI=1S/C6H13O2.Y/c1-3-4-8-5-6(2)7;/h3,6-7H,4-5H2,1-2H3;/q-1;. The van der Waals surface area contributed by atoms with Crippen molar-refractivity contribution in [1.82, 2.24) is 0 Å². The summed E-state index contributed by atoms with van der Waals surface area (Å²) in [6.07, 6.45) is 1.57. The number of aliphatic hydroxyl groups excluding tert-OH is 1. The van der Waals surface area contributed by atoms with Gasteiger partial charge in [-0.3, -0.25) is 0 Å². The molecule has 0 aromatic carbocycles. The molecule has 9 heavy (non-hydrogen) atoms. The maximum atomic E-state index is 8.64. The zero-order chi connectivity index (χ0) is 6.41. The Morgan fingerprint density at radius 3 is 2.56 bits per heavy atom. The van der Waals surface area contributed by atoms with E-state index in [1.54, 1.807) is 6.92 Å². The first-order valence-electron chi connectivity index (χ1n) is 2.81. The topological polar surface area (TPSA) is 29.5 Å². The fourth-order valence-corrected chi connectivity index (χ4v) is 0.356. The molecule has 0 aliphatic heterocycles. The molecule has 0 saturated heterocycles. The summed E-state index contributed by atoms with van der Waals surface area (Å²) in [4.78, 5) is 0. The second kappa shape index (κ2) is 9.02. The summed E-state index contributed by atoms with van der Waals surface area (Å²) in [5.41, 5.74) is 0. The van der Waals surface area contributed by atoms with Gasteiger partial charge in [-0.1, -0.05) is 6.61 Å².